The summed E-state index contributed by atoms with van der Waals surface area (Å²) in [6.45, 7) is 8.88. The summed E-state index contributed by atoms with van der Waals surface area (Å²) in [7, 11) is 3.90. The number of aromatic nitrogens is 2. The number of nitrogens with zero attached hydrogens (tertiary/aromatic N) is 4. The van der Waals surface area contributed by atoms with Crippen molar-refractivity contribution >= 4 is 23.5 Å². The van der Waals surface area contributed by atoms with Crippen LogP contribution in [0.2, 0.25) is 0 Å². The first kappa shape index (κ1) is 38.2. The molecule has 3 amide bonds. The summed E-state index contributed by atoms with van der Waals surface area (Å²) in [5.74, 6) is -1.23. The third-order valence-corrected chi connectivity index (χ3v) is 6.34. The van der Waals surface area contributed by atoms with Gasteiger partial charge in [0.2, 0.25) is 0 Å². The molecule has 46 heavy (non-hydrogen) atoms. The van der Waals surface area contributed by atoms with E-state index in [1.165, 1.54) is 35.4 Å². The number of hydrogen-bond acceptors (Lipinski definition) is 7. The number of amides is 3. The van der Waals surface area contributed by atoms with E-state index in [1.54, 1.807) is 32.9 Å². The number of anilines is 1. The van der Waals surface area contributed by atoms with E-state index < -0.39 is 35.7 Å². The maximum atomic E-state index is 13.5. The van der Waals surface area contributed by atoms with Crippen molar-refractivity contribution in [1.29, 1.82) is 0 Å². The van der Waals surface area contributed by atoms with Crippen molar-refractivity contribution in [2.24, 2.45) is 0 Å². The molecular formula is C32H36F3LrN6O4-3. The predicted molar refractivity (Wildman–Crippen MR) is 165 cm³/mol. The fraction of sp³-hybridized carbons (Fsp3) is 0.281. The Hall–Kier alpha value is -5.78. The zero-order valence-electron chi connectivity index (χ0n) is 25.8. The minimum absolute atomic E-state index is 0. The van der Waals surface area contributed by atoms with E-state index in [4.69, 9.17) is 4.74 Å². The zero-order chi connectivity index (χ0) is 32.4. The van der Waals surface area contributed by atoms with Crippen LogP contribution in [0.25, 0.3) is 5.32 Å². The summed E-state index contributed by atoms with van der Waals surface area (Å²) in [6, 6.07) is 9.76. The molecule has 10 nitrogen and oxygen atoms in total. The van der Waals surface area contributed by atoms with Crippen LogP contribution in [0.15, 0.2) is 61.3 Å². The number of aryl methyl sites for hydroxylation is 2. The Morgan fingerprint density at radius 2 is 1.83 bits per heavy atom. The van der Waals surface area contributed by atoms with E-state index in [1.807, 2.05) is 0 Å². The van der Waals surface area contributed by atoms with Gasteiger partial charge in [-0.05, 0) is 74.9 Å². The zero-order valence-corrected chi connectivity index (χ0v) is 28.0. The van der Waals surface area contributed by atoms with Crippen LogP contribution in [-0.2, 0) is 11.0 Å². The van der Waals surface area contributed by atoms with Crippen LogP contribution in [0.4, 0.5) is 19.0 Å². The summed E-state index contributed by atoms with van der Waals surface area (Å²) < 4.78 is 46.8. The number of rotatable bonds is 13. The van der Waals surface area contributed by atoms with Crippen molar-refractivity contribution in [1.82, 2.24) is 20.2 Å². The predicted octanol–water partition coefficient (Wildman–Crippen LogP) is 5.86. The number of pyridine rings is 2. The second-order valence-electron chi connectivity index (χ2n) is 9.70. The molecule has 0 saturated heterocycles. The molecule has 2 heterocycles. The Bertz CT molecular complexity index is 1520. The fourth-order valence-electron chi connectivity index (χ4n) is 4.07. The first-order valence-electron chi connectivity index (χ1n) is 13.6. The quantitative estimate of drug-likeness (QED) is 0.163. The summed E-state index contributed by atoms with van der Waals surface area (Å²) in [6.07, 6.45) is -3.27. The van der Waals surface area contributed by atoms with Gasteiger partial charge in [0.05, 0.1) is 17.2 Å². The largest absolute Gasteiger partial charge is 0.649 e. The first-order valence-corrected chi connectivity index (χ1v) is 13.6. The molecule has 3 rings (SSSR count). The number of hydrogen-bond donors (Lipinski definition) is 2. The third-order valence-electron chi connectivity index (χ3n) is 6.34. The average Bonchev–Trinajstić information content (AvgIpc) is 2.97. The Morgan fingerprint density at radius 3 is 2.46 bits per heavy atom. The minimum Gasteiger partial charge on any atom is -0.649 e. The van der Waals surface area contributed by atoms with Crippen LogP contribution >= 0.6 is 0 Å². The Kier molecular flexibility index (Phi) is 14.1. The number of carbonyl (C=O) groups excluding carboxylic acids is 3. The average molecular weight is 888 g/mol. The van der Waals surface area contributed by atoms with Crippen molar-refractivity contribution in [3.05, 3.63) is 115 Å². The maximum absolute atomic E-state index is 13.5. The molecule has 0 aliphatic carbocycles. The molecule has 1 atom stereocenters. The Balaban J connectivity index is 0.00000529. The molecule has 0 bridgehead atoms. The van der Waals surface area contributed by atoms with E-state index in [0.717, 1.165) is 17.7 Å². The fourth-order valence-corrected chi connectivity index (χ4v) is 4.07. The third kappa shape index (κ3) is 10.2. The summed E-state index contributed by atoms with van der Waals surface area (Å²) in [5.41, 5.74) is 0.132. The SMILES string of the molecule is C=CC(=O)[N-]CCN([CH2-])C[C@@H](Oc1cc(C)c(C(=O)Nc2ncccc2C)cc1C(=O)NCC)c1cccc(C(F)(F)F)n1.[CH3-].[Lr]. The second kappa shape index (κ2) is 16.9. The molecular weight excluding hydrogens is 851 g/mol. The van der Waals surface area contributed by atoms with Crippen LogP contribution in [0, 0.1) is 28.3 Å². The number of benzene rings is 1. The molecule has 257 valence electrons. The normalized spacial score (nSPS) is 11.4. The van der Waals surface area contributed by atoms with E-state index in [2.05, 4.69) is 39.5 Å². The van der Waals surface area contributed by atoms with Crippen molar-refractivity contribution in [2.45, 2.75) is 33.1 Å². The van der Waals surface area contributed by atoms with Crippen molar-refractivity contribution < 1.29 is 32.3 Å². The van der Waals surface area contributed by atoms with Gasteiger partial charge in [-0.1, -0.05) is 18.7 Å². The summed E-state index contributed by atoms with van der Waals surface area (Å²) >= 11 is 0. The molecule has 0 spiro atoms. The number of ether oxygens (including phenoxy) is 1. The van der Waals surface area contributed by atoms with E-state index in [-0.39, 0.29) is 56.2 Å². The molecule has 0 aliphatic heterocycles. The minimum atomic E-state index is -4.71. The smallest absolute Gasteiger partial charge is 0.433 e. The molecule has 3 aromatic rings. The van der Waals surface area contributed by atoms with Gasteiger partial charge in [-0.3, -0.25) is 16.6 Å². The van der Waals surface area contributed by atoms with Gasteiger partial charge in [0.25, 0.3) is 11.8 Å². The molecule has 2 aromatic heterocycles. The molecule has 0 aliphatic rings. The van der Waals surface area contributed by atoms with Crippen LogP contribution in [0.5, 0.6) is 5.75 Å². The Labute approximate surface area is 261 Å². The number of nitrogens with one attached hydrogen (secondary N) is 2. The monoisotopic (exact) mass is 887 g/mol. The van der Waals surface area contributed by atoms with Crippen LogP contribution in [0.3, 0.4) is 0 Å². The standard InChI is InChI=1S/C31H34F3N6O4.CH3.Lr/c1-6-27(41)36-14-15-40(5)18-25(23-11-8-12-26(38-23)31(32,33)34)44-24-16-20(4)21(17-22(24)29(42)35-7-2)30(43)39-28-19(3)10-9-13-37-28;;/h6,8-13,16-17,25H,1,5,7,14-15,18H2,2-4H3,(H3,35,36,37,39,41,42,43);1H3;/q2*-1;/p-1/t25-;;/m1../s1. The summed E-state index contributed by atoms with van der Waals surface area (Å²) in [4.78, 5) is 47.3. The van der Waals surface area contributed by atoms with Gasteiger partial charge in [-0.2, -0.15) is 13.2 Å². The number of carbonyl (C=O) groups is 3. The van der Waals surface area contributed by atoms with Crippen molar-refractivity contribution in [3.63, 3.8) is 0 Å². The molecule has 2 N–H and O–H groups in total. The molecule has 1 radical (unpaired) electrons. The van der Waals surface area contributed by atoms with Gasteiger partial charge in [0, 0.05) is 24.8 Å². The molecule has 0 unspecified atom stereocenters. The number of halogens is 3. The van der Waals surface area contributed by atoms with Gasteiger partial charge in [-0.25, -0.2) is 9.97 Å². The van der Waals surface area contributed by atoms with Gasteiger partial charge < -0.3 is 37.8 Å². The van der Waals surface area contributed by atoms with E-state index in [0.29, 0.717) is 11.4 Å². The van der Waals surface area contributed by atoms with Gasteiger partial charge in [0.1, 0.15) is 17.3 Å². The maximum Gasteiger partial charge on any atom is 0.433 e. The second-order valence-corrected chi connectivity index (χ2v) is 9.70. The van der Waals surface area contributed by atoms with Crippen molar-refractivity contribution in [3.8, 4) is 5.75 Å². The van der Waals surface area contributed by atoms with Crippen molar-refractivity contribution in [2.75, 3.05) is 31.5 Å². The molecule has 0 saturated carbocycles. The van der Waals surface area contributed by atoms with E-state index in [9.17, 15) is 27.6 Å². The van der Waals surface area contributed by atoms with Gasteiger partial charge >= 0.3 is 6.18 Å². The summed E-state index contributed by atoms with van der Waals surface area (Å²) in [5, 5.41) is 9.19. The van der Waals surface area contributed by atoms with E-state index >= 15 is 0 Å². The first-order chi connectivity index (χ1) is 20.8. The van der Waals surface area contributed by atoms with Gasteiger partial charge in [-0.15, -0.1) is 6.54 Å². The van der Waals surface area contributed by atoms with Gasteiger partial charge in [0.15, 0.2) is 6.10 Å². The van der Waals surface area contributed by atoms with Crippen LogP contribution in [-0.4, -0.2) is 58.8 Å². The molecule has 14 heteroatoms. The molecule has 1 aromatic carbocycles. The molecule has 0 fully saturated rings. The Morgan fingerprint density at radius 1 is 1.11 bits per heavy atom. The van der Waals surface area contributed by atoms with Crippen LogP contribution in [0.1, 0.15) is 56.3 Å². The topological polar surface area (TPSA) is 128 Å². The number of alkyl halides is 3. The van der Waals surface area contributed by atoms with Crippen LogP contribution < -0.4 is 15.4 Å².